The molecule has 480 valence electrons. The van der Waals surface area contributed by atoms with Gasteiger partial charge in [-0.1, -0.05) is 119 Å². The standard InChI is InChI=1S/C60H85N13O15/c1-33(2)25-42(67-48(75)32-64-56(83)46(28-40-23-17-12-18-24-40)73(9)58(85)36(6)66-53(80)41(61)26-38-19-13-10-14-20-38)54(81)65-35(5)51(78)71-50(34(3)4)57(84)68-43(27-39-21-15-11-16-22-39)55(82)69-44(29-49(76)77)59(86)72(8)37(7)52(79)70-45(60(87)88)30-63-31-47(62)74/h10-24,33-37,41-46,50,63H,25-32,61H2,1-9H3,(H2,62,74)(H,64,83)(H,65,81)(H,66,80)(H,67,75)(H,68,84)(H,69,82)(H,70,79)(H,71,78)(H,76,77)(H,87,88). The Morgan fingerprint density at radius 2 is 0.989 bits per heavy atom. The van der Waals surface area contributed by atoms with E-state index in [1.54, 1.807) is 88.4 Å². The molecule has 0 radical (unpaired) electrons. The van der Waals surface area contributed by atoms with Crippen molar-refractivity contribution in [1.82, 2.24) is 57.7 Å². The number of carboxylic acid groups (broad SMARTS) is 2. The Balaban J connectivity index is 1.74. The fraction of sp³-hybridized carbons (Fsp3) is 0.483. The third kappa shape index (κ3) is 24.6. The van der Waals surface area contributed by atoms with Gasteiger partial charge in [-0.25, -0.2) is 4.79 Å². The molecule has 11 amide bonds. The summed E-state index contributed by atoms with van der Waals surface area (Å²) in [5, 5.41) is 42.0. The van der Waals surface area contributed by atoms with E-state index in [1.165, 1.54) is 32.7 Å². The average molecular weight is 1230 g/mol. The number of carbonyl (C=O) groups is 13. The molecule has 0 heterocycles. The van der Waals surface area contributed by atoms with E-state index in [-0.39, 0.29) is 31.6 Å². The smallest absolute Gasteiger partial charge is 0.327 e. The summed E-state index contributed by atoms with van der Waals surface area (Å²) < 4.78 is 0. The first-order chi connectivity index (χ1) is 41.4. The van der Waals surface area contributed by atoms with Gasteiger partial charge in [-0.05, 0) is 62.1 Å². The van der Waals surface area contributed by atoms with Gasteiger partial charge in [0, 0.05) is 33.5 Å². The molecule has 28 nitrogen and oxygen atoms in total. The SMILES string of the molecule is CC(C)CC(NC(=O)CNC(=O)C(Cc1ccccc1)N(C)C(=O)C(C)NC(=O)C(N)Cc1ccccc1)C(=O)NC(C)C(=O)NC(C(=O)NC(Cc1ccccc1)C(=O)NC(CC(=O)O)C(=O)N(C)C(C)C(=O)NC(CNCC(N)=O)C(=O)O)C(C)C. The Hall–Kier alpha value is -9.31. The molecule has 0 aromatic heterocycles. The van der Waals surface area contributed by atoms with Crippen LogP contribution >= 0.6 is 0 Å². The van der Waals surface area contributed by atoms with Crippen molar-refractivity contribution in [3.63, 3.8) is 0 Å². The fourth-order valence-corrected chi connectivity index (χ4v) is 8.88. The topological polar surface area (TPSA) is 429 Å². The first kappa shape index (κ1) is 72.9. The molecule has 0 saturated heterocycles. The van der Waals surface area contributed by atoms with Gasteiger partial charge in [0.2, 0.25) is 65.0 Å². The zero-order chi connectivity index (χ0) is 65.9. The molecular weight excluding hydrogens is 1140 g/mol. The normalized spacial score (nSPS) is 14.5. The number of primary amides is 1. The number of nitrogens with zero attached hydrogens (tertiary/aromatic N) is 2. The predicted octanol–water partition coefficient (Wildman–Crippen LogP) is -2.40. The number of amides is 11. The van der Waals surface area contributed by atoms with Crippen LogP contribution < -0.4 is 59.3 Å². The number of nitrogens with one attached hydrogen (secondary N) is 9. The number of carboxylic acids is 2. The lowest BCUT2D eigenvalue weighted by molar-refractivity contribution is -0.147. The number of aliphatic carboxylic acids is 2. The Bertz CT molecular complexity index is 2900. The van der Waals surface area contributed by atoms with E-state index in [1.807, 2.05) is 30.3 Å². The monoisotopic (exact) mass is 1230 g/mol. The lowest BCUT2D eigenvalue weighted by Gasteiger charge is -2.30. The van der Waals surface area contributed by atoms with Crippen molar-refractivity contribution in [2.45, 2.75) is 141 Å². The van der Waals surface area contributed by atoms with Gasteiger partial charge in [0.1, 0.15) is 54.4 Å². The molecule has 88 heavy (non-hydrogen) atoms. The summed E-state index contributed by atoms with van der Waals surface area (Å²) in [5.41, 5.74) is 13.3. The third-order valence-electron chi connectivity index (χ3n) is 14.0. The van der Waals surface area contributed by atoms with E-state index in [4.69, 9.17) is 11.5 Å². The fourth-order valence-electron chi connectivity index (χ4n) is 8.88. The van der Waals surface area contributed by atoms with Crippen molar-refractivity contribution in [2.24, 2.45) is 23.3 Å². The number of benzene rings is 3. The Kier molecular flexibility index (Phi) is 29.8. The molecule has 3 aromatic rings. The highest BCUT2D eigenvalue weighted by Crippen LogP contribution is 2.14. The van der Waals surface area contributed by atoms with E-state index in [0.29, 0.717) is 11.1 Å². The molecule has 0 spiro atoms. The number of hydrogen-bond acceptors (Lipinski definition) is 15. The number of rotatable bonds is 36. The molecular formula is C60H85N13O15. The van der Waals surface area contributed by atoms with E-state index < -0.39 is 169 Å². The molecule has 15 N–H and O–H groups in total. The van der Waals surface area contributed by atoms with Crippen molar-refractivity contribution in [3.05, 3.63) is 108 Å². The van der Waals surface area contributed by atoms with Crippen molar-refractivity contribution < 1.29 is 72.5 Å². The van der Waals surface area contributed by atoms with Crippen LogP contribution in [0.5, 0.6) is 0 Å². The van der Waals surface area contributed by atoms with Crippen LogP contribution in [-0.2, 0) is 81.6 Å². The highest BCUT2D eigenvalue weighted by molar-refractivity contribution is 5.99. The molecule has 3 aromatic carbocycles. The Morgan fingerprint density at radius 1 is 0.489 bits per heavy atom. The summed E-state index contributed by atoms with van der Waals surface area (Å²) in [6.07, 6.45) is -0.894. The molecule has 0 aliphatic heterocycles. The lowest BCUT2D eigenvalue weighted by Crippen LogP contribution is -2.61. The predicted molar refractivity (Wildman–Crippen MR) is 321 cm³/mol. The van der Waals surface area contributed by atoms with E-state index >= 15 is 0 Å². The number of likely N-dealkylation sites (N-methyl/N-ethyl adjacent to an activating group) is 2. The molecule has 0 bridgehead atoms. The van der Waals surface area contributed by atoms with Gasteiger partial charge >= 0.3 is 11.9 Å². The Labute approximate surface area is 511 Å². The molecule has 0 saturated carbocycles. The first-order valence-corrected chi connectivity index (χ1v) is 28.6. The Morgan fingerprint density at radius 3 is 1.50 bits per heavy atom. The largest absolute Gasteiger partial charge is 0.481 e. The zero-order valence-electron chi connectivity index (χ0n) is 51.0. The highest BCUT2D eigenvalue weighted by atomic mass is 16.4. The summed E-state index contributed by atoms with van der Waals surface area (Å²) in [6, 6.07) is 12.6. The van der Waals surface area contributed by atoms with Crippen LogP contribution in [0, 0.1) is 11.8 Å². The number of carbonyl (C=O) groups excluding carboxylic acids is 11. The second kappa shape index (κ2) is 36.0. The minimum atomic E-state index is -1.84. The van der Waals surface area contributed by atoms with E-state index in [0.717, 1.165) is 17.5 Å². The van der Waals surface area contributed by atoms with Crippen LogP contribution in [0.3, 0.4) is 0 Å². The summed E-state index contributed by atoms with van der Waals surface area (Å²) in [7, 11) is 2.51. The molecule has 0 aliphatic rings. The van der Waals surface area contributed by atoms with Crippen LogP contribution in [0.15, 0.2) is 91.0 Å². The van der Waals surface area contributed by atoms with Gasteiger partial charge < -0.3 is 79.3 Å². The van der Waals surface area contributed by atoms with Crippen LogP contribution in [-0.4, -0.2) is 191 Å². The maximum absolute atomic E-state index is 14.2. The molecule has 0 fully saturated rings. The zero-order valence-corrected chi connectivity index (χ0v) is 51.0. The number of hydrogen-bond donors (Lipinski definition) is 13. The lowest BCUT2D eigenvalue weighted by atomic mass is 10.00. The second-order valence-corrected chi connectivity index (χ2v) is 22.1. The minimum Gasteiger partial charge on any atom is -0.481 e. The van der Waals surface area contributed by atoms with Crippen LogP contribution in [0.25, 0.3) is 0 Å². The maximum Gasteiger partial charge on any atom is 0.327 e. The second-order valence-electron chi connectivity index (χ2n) is 22.1. The molecule has 10 unspecified atom stereocenters. The summed E-state index contributed by atoms with van der Waals surface area (Å²) in [5.74, 6) is -13.0. The van der Waals surface area contributed by atoms with Crippen LogP contribution in [0.4, 0.5) is 0 Å². The van der Waals surface area contributed by atoms with Gasteiger partial charge in [-0.2, -0.15) is 0 Å². The molecule has 3 rings (SSSR count). The summed E-state index contributed by atoms with van der Waals surface area (Å²) >= 11 is 0. The molecule has 28 heteroatoms. The third-order valence-corrected chi connectivity index (χ3v) is 14.0. The van der Waals surface area contributed by atoms with Crippen molar-refractivity contribution in [3.8, 4) is 0 Å². The molecule has 0 aliphatic carbocycles. The van der Waals surface area contributed by atoms with Gasteiger partial charge in [0.05, 0.1) is 25.6 Å². The quantitative estimate of drug-likeness (QED) is 0.0289. The van der Waals surface area contributed by atoms with Gasteiger partial charge in [0.25, 0.3) is 0 Å². The number of nitrogens with two attached hydrogens (primary N) is 2. The van der Waals surface area contributed by atoms with E-state index in [2.05, 4.69) is 47.9 Å². The van der Waals surface area contributed by atoms with Gasteiger partial charge in [0.15, 0.2) is 0 Å². The first-order valence-electron chi connectivity index (χ1n) is 28.6. The highest BCUT2D eigenvalue weighted by Gasteiger charge is 2.37. The van der Waals surface area contributed by atoms with Gasteiger partial charge in [-0.3, -0.25) is 57.5 Å². The van der Waals surface area contributed by atoms with Crippen LogP contribution in [0.1, 0.15) is 78.0 Å². The summed E-state index contributed by atoms with van der Waals surface area (Å²) in [4.78, 5) is 174. The minimum absolute atomic E-state index is 0.0229. The van der Waals surface area contributed by atoms with Crippen molar-refractivity contribution in [2.75, 3.05) is 33.7 Å². The van der Waals surface area contributed by atoms with Crippen molar-refractivity contribution in [1.29, 1.82) is 0 Å². The molecule has 10 atom stereocenters. The van der Waals surface area contributed by atoms with Crippen LogP contribution in [0.2, 0.25) is 0 Å². The van der Waals surface area contributed by atoms with Crippen molar-refractivity contribution >= 4 is 76.9 Å². The summed E-state index contributed by atoms with van der Waals surface area (Å²) in [6.45, 7) is 9.29. The van der Waals surface area contributed by atoms with E-state index in [9.17, 15) is 72.5 Å². The average Bonchev–Trinajstić information content (AvgIpc) is 3.68. The maximum atomic E-state index is 14.2. The van der Waals surface area contributed by atoms with Gasteiger partial charge in [-0.15, -0.1) is 0 Å².